The molecule has 21 heavy (non-hydrogen) atoms. The van der Waals surface area contributed by atoms with Crippen molar-refractivity contribution in [1.29, 1.82) is 0 Å². The highest BCUT2D eigenvalue weighted by atomic mass is 79.9. The van der Waals surface area contributed by atoms with E-state index in [1.807, 2.05) is 38.1 Å². The molecule has 2 rings (SSSR count). The number of carbonyl (C=O) groups is 1. The topological polar surface area (TPSA) is 54.3 Å². The number of amides is 2. The fraction of sp³-hybridized carbons (Fsp3) is 0.267. The van der Waals surface area contributed by atoms with Crippen LogP contribution in [0.3, 0.4) is 0 Å². The number of furan rings is 1. The minimum Gasteiger partial charge on any atom is -0.464 e. The summed E-state index contributed by atoms with van der Waals surface area (Å²) in [4.78, 5) is 11.9. The smallest absolute Gasteiger partial charge is 0.315 e. The highest BCUT2D eigenvalue weighted by Crippen LogP contribution is 2.21. The molecule has 0 aliphatic rings. The van der Waals surface area contributed by atoms with Crippen molar-refractivity contribution in [3.05, 3.63) is 56.9 Å². The van der Waals surface area contributed by atoms with Crippen molar-refractivity contribution in [3.8, 4) is 0 Å². The Bertz CT molecular complexity index is 642. The molecule has 1 aromatic heterocycles. The number of hydrogen-bond acceptors (Lipinski definition) is 2. The number of halogens is 2. The van der Waals surface area contributed by atoms with Crippen LogP contribution in [0.5, 0.6) is 0 Å². The normalized spacial score (nSPS) is 12.0. The third kappa shape index (κ3) is 4.51. The van der Waals surface area contributed by atoms with Gasteiger partial charge in [0.2, 0.25) is 0 Å². The average molecular weight is 372 g/mol. The number of nitrogens with one attached hydrogen (secondary N) is 2. The van der Waals surface area contributed by atoms with Gasteiger partial charge in [0.25, 0.3) is 0 Å². The Labute approximate surface area is 137 Å². The Hall–Kier alpha value is -1.46. The van der Waals surface area contributed by atoms with Gasteiger partial charge < -0.3 is 15.1 Å². The molecule has 2 aromatic rings. The zero-order valence-electron chi connectivity index (χ0n) is 11.7. The largest absolute Gasteiger partial charge is 0.464 e. The lowest BCUT2D eigenvalue weighted by Crippen LogP contribution is -2.36. The second kappa shape index (κ2) is 7.00. The molecule has 2 amide bonds. The molecule has 2 N–H and O–H groups in total. The van der Waals surface area contributed by atoms with E-state index in [-0.39, 0.29) is 12.1 Å². The van der Waals surface area contributed by atoms with Gasteiger partial charge >= 0.3 is 6.03 Å². The summed E-state index contributed by atoms with van der Waals surface area (Å²) in [7, 11) is 0. The number of carbonyl (C=O) groups excluding carboxylic acids is 1. The number of urea groups is 1. The van der Waals surface area contributed by atoms with E-state index in [0.29, 0.717) is 11.6 Å². The first kappa shape index (κ1) is 15.9. The Morgan fingerprint density at radius 1 is 1.38 bits per heavy atom. The van der Waals surface area contributed by atoms with E-state index in [1.54, 1.807) is 6.07 Å². The van der Waals surface area contributed by atoms with Crippen molar-refractivity contribution >= 4 is 33.6 Å². The second-order valence-corrected chi connectivity index (χ2v) is 6.06. The molecule has 0 fully saturated rings. The maximum absolute atomic E-state index is 11.9. The molecular formula is C15H16BrClN2O2. The molecule has 0 aliphatic carbocycles. The molecule has 0 aliphatic heterocycles. The van der Waals surface area contributed by atoms with Gasteiger partial charge in [-0.3, -0.25) is 0 Å². The van der Waals surface area contributed by atoms with Gasteiger partial charge in [-0.15, -0.1) is 0 Å². The molecule has 0 radical (unpaired) electrons. The summed E-state index contributed by atoms with van der Waals surface area (Å²) in [5, 5.41) is 6.20. The van der Waals surface area contributed by atoms with Crippen molar-refractivity contribution in [2.24, 2.45) is 0 Å². The molecule has 0 spiro atoms. The fourth-order valence-corrected chi connectivity index (χ4v) is 2.59. The summed E-state index contributed by atoms with van der Waals surface area (Å²) in [5.74, 6) is 1.55. The van der Waals surface area contributed by atoms with Crippen LogP contribution in [-0.2, 0) is 6.54 Å². The van der Waals surface area contributed by atoms with Gasteiger partial charge in [0, 0.05) is 16.0 Å². The van der Waals surface area contributed by atoms with Crippen molar-refractivity contribution in [3.63, 3.8) is 0 Å². The summed E-state index contributed by atoms with van der Waals surface area (Å²) in [5.41, 5.74) is 0.858. The van der Waals surface area contributed by atoms with E-state index < -0.39 is 0 Å². The summed E-state index contributed by atoms with van der Waals surface area (Å²) < 4.78 is 6.38. The molecule has 1 aromatic carbocycles. The summed E-state index contributed by atoms with van der Waals surface area (Å²) in [6, 6.07) is 8.81. The molecule has 1 unspecified atom stereocenters. The van der Waals surface area contributed by atoms with Gasteiger partial charge in [-0.2, -0.15) is 0 Å². The van der Waals surface area contributed by atoms with Gasteiger partial charge in [-0.25, -0.2) is 4.79 Å². The number of aryl methyl sites for hydroxylation is 1. The summed E-state index contributed by atoms with van der Waals surface area (Å²) in [6.45, 7) is 4.10. The summed E-state index contributed by atoms with van der Waals surface area (Å²) in [6.07, 6.45) is 0. The highest BCUT2D eigenvalue weighted by molar-refractivity contribution is 9.10. The number of benzene rings is 1. The molecule has 6 heteroatoms. The minimum atomic E-state index is -0.268. The maximum Gasteiger partial charge on any atom is 0.315 e. The highest BCUT2D eigenvalue weighted by Gasteiger charge is 2.12. The average Bonchev–Trinajstić information content (AvgIpc) is 2.84. The van der Waals surface area contributed by atoms with Crippen LogP contribution >= 0.6 is 27.5 Å². The minimum absolute atomic E-state index is 0.195. The zero-order chi connectivity index (χ0) is 15.4. The van der Waals surface area contributed by atoms with Crippen molar-refractivity contribution < 1.29 is 9.21 Å². The SMILES string of the molecule is Cc1ccc(C(C)NC(=O)NCc2ccc(Br)cc2Cl)o1. The molecule has 1 heterocycles. The molecule has 4 nitrogen and oxygen atoms in total. The second-order valence-electron chi connectivity index (χ2n) is 4.73. The Morgan fingerprint density at radius 3 is 2.76 bits per heavy atom. The Balaban J connectivity index is 1.87. The Kier molecular flexibility index (Phi) is 5.31. The lowest BCUT2D eigenvalue weighted by molar-refractivity contribution is 0.235. The molecule has 112 valence electrons. The summed E-state index contributed by atoms with van der Waals surface area (Å²) >= 11 is 9.44. The lowest BCUT2D eigenvalue weighted by atomic mass is 10.2. The third-order valence-electron chi connectivity index (χ3n) is 2.99. The van der Waals surface area contributed by atoms with Crippen LogP contribution in [0.15, 0.2) is 39.2 Å². The van der Waals surface area contributed by atoms with Crippen molar-refractivity contribution in [1.82, 2.24) is 10.6 Å². The van der Waals surface area contributed by atoms with Crippen LogP contribution < -0.4 is 10.6 Å². The maximum atomic E-state index is 11.9. The van der Waals surface area contributed by atoms with Gasteiger partial charge in [-0.1, -0.05) is 33.6 Å². The third-order valence-corrected chi connectivity index (χ3v) is 3.84. The van der Waals surface area contributed by atoms with E-state index in [1.165, 1.54) is 0 Å². The Morgan fingerprint density at radius 2 is 2.14 bits per heavy atom. The zero-order valence-corrected chi connectivity index (χ0v) is 14.1. The van der Waals surface area contributed by atoms with Gasteiger partial charge in [-0.05, 0) is 43.7 Å². The van der Waals surface area contributed by atoms with Crippen LogP contribution in [0.2, 0.25) is 5.02 Å². The van der Waals surface area contributed by atoms with E-state index in [0.717, 1.165) is 21.6 Å². The predicted octanol–water partition coefficient (Wildman–Crippen LogP) is 4.56. The molecular weight excluding hydrogens is 356 g/mol. The van der Waals surface area contributed by atoms with Crippen LogP contribution in [0.1, 0.15) is 30.0 Å². The standard InChI is InChI=1S/C15H16BrClN2O2/c1-9-3-6-14(21-9)10(2)19-15(20)18-8-11-4-5-12(16)7-13(11)17/h3-7,10H,8H2,1-2H3,(H2,18,19,20). The first-order valence-corrected chi connectivity index (χ1v) is 7.67. The molecule has 0 saturated carbocycles. The van der Waals surface area contributed by atoms with Crippen LogP contribution in [-0.4, -0.2) is 6.03 Å². The quantitative estimate of drug-likeness (QED) is 0.827. The van der Waals surface area contributed by atoms with Crippen molar-refractivity contribution in [2.45, 2.75) is 26.4 Å². The number of rotatable bonds is 4. The van der Waals surface area contributed by atoms with Crippen LogP contribution in [0, 0.1) is 6.92 Å². The van der Waals surface area contributed by atoms with Gasteiger partial charge in [0.15, 0.2) is 0 Å². The molecule has 0 bridgehead atoms. The van der Waals surface area contributed by atoms with E-state index in [4.69, 9.17) is 16.0 Å². The monoisotopic (exact) mass is 370 g/mol. The van der Waals surface area contributed by atoms with E-state index in [2.05, 4.69) is 26.6 Å². The predicted molar refractivity (Wildman–Crippen MR) is 86.4 cm³/mol. The molecule has 1 atom stereocenters. The van der Waals surface area contributed by atoms with Gasteiger partial charge in [0.1, 0.15) is 11.5 Å². The first-order valence-electron chi connectivity index (χ1n) is 6.50. The van der Waals surface area contributed by atoms with Crippen molar-refractivity contribution in [2.75, 3.05) is 0 Å². The molecule has 0 saturated heterocycles. The first-order chi connectivity index (χ1) is 9.95. The van der Waals surface area contributed by atoms with Crippen LogP contribution in [0.25, 0.3) is 0 Å². The van der Waals surface area contributed by atoms with E-state index >= 15 is 0 Å². The lowest BCUT2D eigenvalue weighted by Gasteiger charge is -2.13. The van der Waals surface area contributed by atoms with Gasteiger partial charge in [0.05, 0.1) is 6.04 Å². The van der Waals surface area contributed by atoms with Crippen LogP contribution in [0.4, 0.5) is 4.79 Å². The van der Waals surface area contributed by atoms with E-state index in [9.17, 15) is 4.79 Å². The number of hydrogen-bond donors (Lipinski definition) is 2. The fourth-order valence-electron chi connectivity index (χ4n) is 1.85.